The monoisotopic (exact) mass is 299 g/mol. The molecule has 0 bridgehead atoms. The summed E-state index contributed by atoms with van der Waals surface area (Å²) in [5.41, 5.74) is 5.39. The van der Waals surface area contributed by atoms with E-state index in [1.807, 2.05) is 6.92 Å². The van der Waals surface area contributed by atoms with Gasteiger partial charge in [-0.1, -0.05) is 6.92 Å². The Morgan fingerprint density at radius 2 is 2.20 bits per heavy atom. The highest BCUT2D eigenvalue weighted by molar-refractivity contribution is 7.89. The maximum atomic E-state index is 12.6. The smallest absolute Gasteiger partial charge is 0.271 e. The van der Waals surface area contributed by atoms with Gasteiger partial charge in [-0.25, -0.2) is 8.42 Å². The molecule has 0 spiro atoms. The van der Waals surface area contributed by atoms with E-state index >= 15 is 0 Å². The summed E-state index contributed by atoms with van der Waals surface area (Å²) in [6.07, 6.45) is 2.40. The SMILES string of the molecule is CCC1CCCN1S(=O)(=O)c1ccc([N+](=O)[O-])cc1N. The van der Waals surface area contributed by atoms with Crippen molar-refractivity contribution in [1.29, 1.82) is 0 Å². The number of nitrogens with two attached hydrogens (primary N) is 1. The second-order valence-corrected chi connectivity index (χ2v) is 6.66. The van der Waals surface area contributed by atoms with Crippen molar-refractivity contribution in [2.75, 3.05) is 12.3 Å². The van der Waals surface area contributed by atoms with Gasteiger partial charge in [0.2, 0.25) is 10.0 Å². The van der Waals surface area contributed by atoms with Crippen molar-refractivity contribution < 1.29 is 13.3 Å². The van der Waals surface area contributed by atoms with Crippen LogP contribution < -0.4 is 5.73 Å². The van der Waals surface area contributed by atoms with Gasteiger partial charge in [0.15, 0.2) is 0 Å². The lowest BCUT2D eigenvalue weighted by atomic mass is 10.2. The number of nitro benzene ring substituents is 1. The maximum absolute atomic E-state index is 12.6. The zero-order valence-electron chi connectivity index (χ0n) is 11.2. The number of anilines is 1. The Morgan fingerprint density at radius 3 is 2.75 bits per heavy atom. The Balaban J connectivity index is 2.42. The van der Waals surface area contributed by atoms with Crippen molar-refractivity contribution in [3.05, 3.63) is 28.3 Å². The fourth-order valence-corrected chi connectivity index (χ4v) is 4.41. The van der Waals surface area contributed by atoms with Gasteiger partial charge in [-0.2, -0.15) is 4.31 Å². The van der Waals surface area contributed by atoms with E-state index in [0.29, 0.717) is 6.54 Å². The van der Waals surface area contributed by atoms with Crippen LogP contribution in [-0.4, -0.2) is 30.2 Å². The number of nitrogen functional groups attached to an aromatic ring is 1. The summed E-state index contributed by atoms with van der Waals surface area (Å²) in [4.78, 5) is 10.0. The van der Waals surface area contributed by atoms with Crippen LogP contribution in [0.2, 0.25) is 0 Å². The molecule has 0 saturated carbocycles. The third-order valence-corrected chi connectivity index (χ3v) is 5.61. The quantitative estimate of drug-likeness (QED) is 0.517. The Labute approximate surface area is 117 Å². The average molecular weight is 299 g/mol. The number of rotatable bonds is 4. The molecule has 1 aliphatic rings. The first-order valence-electron chi connectivity index (χ1n) is 6.43. The first-order chi connectivity index (χ1) is 9.37. The van der Waals surface area contributed by atoms with Gasteiger partial charge in [0.1, 0.15) is 4.90 Å². The van der Waals surface area contributed by atoms with Gasteiger partial charge < -0.3 is 5.73 Å². The molecule has 0 radical (unpaired) electrons. The van der Waals surface area contributed by atoms with Gasteiger partial charge in [0.25, 0.3) is 5.69 Å². The van der Waals surface area contributed by atoms with Crippen LogP contribution in [0.4, 0.5) is 11.4 Å². The third-order valence-electron chi connectivity index (χ3n) is 3.59. The number of nitrogens with zero attached hydrogens (tertiary/aromatic N) is 2. The largest absolute Gasteiger partial charge is 0.397 e. The topological polar surface area (TPSA) is 107 Å². The van der Waals surface area contributed by atoms with Gasteiger partial charge in [-0.15, -0.1) is 0 Å². The van der Waals surface area contributed by atoms with Crippen LogP contribution in [0.15, 0.2) is 23.1 Å². The number of nitro groups is 1. The molecule has 1 unspecified atom stereocenters. The lowest BCUT2D eigenvalue weighted by Crippen LogP contribution is -2.35. The fourth-order valence-electron chi connectivity index (χ4n) is 2.54. The second kappa shape index (κ2) is 5.37. The van der Waals surface area contributed by atoms with Gasteiger partial charge >= 0.3 is 0 Å². The molecule has 1 atom stereocenters. The van der Waals surface area contributed by atoms with Crippen LogP contribution in [0.3, 0.4) is 0 Å². The molecule has 1 heterocycles. The minimum atomic E-state index is -3.69. The van der Waals surface area contributed by atoms with Crippen LogP contribution in [-0.2, 0) is 10.0 Å². The zero-order valence-corrected chi connectivity index (χ0v) is 12.0. The Morgan fingerprint density at radius 1 is 1.50 bits per heavy atom. The van der Waals surface area contributed by atoms with E-state index in [4.69, 9.17) is 5.73 Å². The number of hydrogen-bond donors (Lipinski definition) is 1. The van der Waals surface area contributed by atoms with E-state index in [1.165, 1.54) is 16.4 Å². The van der Waals surface area contributed by atoms with Crippen molar-refractivity contribution in [2.45, 2.75) is 37.1 Å². The average Bonchev–Trinajstić information content (AvgIpc) is 2.87. The molecular formula is C12H17N3O4S. The molecule has 110 valence electrons. The van der Waals surface area contributed by atoms with E-state index in [2.05, 4.69) is 0 Å². The molecule has 0 aliphatic carbocycles. The molecule has 1 aromatic carbocycles. The zero-order chi connectivity index (χ0) is 14.9. The lowest BCUT2D eigenvalue weighted by molar-refractivity contribution is -0.384. The summed E-state index contributed by atoms with van der Waals surface area (Å²) in [5, 5.41) is 10.7. The molecule has 1 saturated heterocycles. The standard InChI is InChI=1S/C12H17N3O4S/c1-2-9-4-3-7-14(9)20(18,19)12-6-5-10(15(16)17)8-11(12)13/h5-6,8-9H,2-4,7,13H2,1H3. The van der Waals surface area contributed by atoms with Crippen LogP contribution in [0.25, 0.3) is 0 Å². The van der Waals surface area contributed by atoms with Crippen LogP contribution in [0.5, 0.6) is 0 Å². The van der Waals surface area contributed by atoms with E-state index in [0.717, 1.165) is 25.3 Å². The normalized spacial score (nSPS) is 20.1. The molecule has 0 aromatic heterocycles. The van der Waals surface area contributed by atoms with Gasteiger partial charge in [0.05, 0.1) is 10.6 Å². The van der Waals surface area contributed by atoms with Gasteiger partial charge in [-0.05, 0) is 25.3 Å². The highest BCUT2D eigenvalue weighted by Crippen LogP contribution is 2.31. The minimum Gasteiger partial charge on any atom is -0.397 e. The predicted octanol–water partition coefficient (Wildman–Crippen LogP) is 1.74. The number of sulfonamides is 1. The second-order valence-electron chi connectivity index (χ2n) is 4.80. The first kappa shape index (κ1) is 14.7. The molecule has 8 heteroatoms. The molecule has 1 fully saturated rings. The molecule has 1 aromatic rings. The molecule has 7 nitrogen and oxygen atoms in total. The minimum absolute atomic E-state index is 0.0189. The van der Waals surface area contributed by atoms with Gasteiger partial charge in [0, 0.05) is 24.7 Å². The van der Waals surface area contributed by atoms with E-state index in [9.17, 15) is 18.5 Å². The number of non-ortho nitro benzene ring substituents is 1. The maximum Gasteiger partial charge on any atom is 0.271 e. The van der Waals surface area contributed by atoms with Crippen molar-refractivity contribution in [2.24, 2.45) is 0 Å². The highest BCUT2D eigenvalue weighted by Gasteiger charge is 2.35. The van der Waals surface area contributed by atoms with Crippen molar-refractivity contribution in [3.8, 4) is 0 Å². The summed E-state index contributed by atoms with van der Waals surface area (Å²) < 4.78 is 26.6. The van der Waals surface area contributed by atoms with Crippen molar-refractivity contribution in [3.63, 3.8) is 0 Å². The summed E-state index contributed by atoms with van der Waals surface area (Å²) in [5.74, 6) is 0. The van der Waals surface area contributed by atoms with Gasteiger partial charge in [-0.3, -0.25) is 10.1 Å². The number of hydrogen-bond acceptors (Lipinski definition) is 5. The molecule has 2 rings (SSSR count). The summed E-state index contributed by atoms with van der Waals surface area (Å²) >= 11 is 0. The summed E-state index contributed by atoms with van der Waals surface area (Å²) in [6, 6.07) is 3.45. The molecule has 1 aliphatic heterocycles. The summed E-state index contributed by atoms with van der Waals surface area (Å²) in [6.45, 7) is 2.41. The number of benzene rings is 1. The van der Waals surface area contributed by atoms with Crippen LogP contribution in [0, 0.1) is 10.1 Å². The predicted molar refractivity (Wildman–Crippen MR) is 74.7 cm³/mol. The van der Waals surface area contributed by atoms with Crippen LogP contribution >= 0.6 is 0 Å². The van der Waals surface area contributed by atoms with Crippen molar-refractivity contribution >= 4 is 21.4 Å². The highest BCUT2D eigenvalue weighted by atomic mass is 32.2. The van der Waals surface area contributed by atoms with Crippen molar-refractivity contribution in [1.82, 2.24) is 4.31 Å². The molecule has 2 N–H and O–H groups in total. The molecule has 0 amide bonds. The lowest BCUT2D eigenvalue weighted by Gasteiger charge is -2.23. The Hall–Kier alpha value is -1.67. The van der Waals surface area contributed by atoms with E-state index < -0.39 is 14.9 Å². The Kier molecular flexibility index (Phi) is 3.96. The van der Waals surface area contributed by atoms with E-state index in [-0.39, 0.29) is 22.3 Å². The molecular weight excluding hydrogens is 282 g/mol. The van der Waals surface area contributed by atoms with Crippen LogP contribution in [0.1, 0.15) is 26.2 Å². The first-order valence-corrected chi connectivity index (χ1v) is 7.87. The summed E-state index contributed by atoms with van der Waals surface area (Å²) in [7, 11) is -3.69. The van der Waals surface area contributed by atoms with E-state index in [1.54, 1.807) is 0 Å². The fraction of sp³-hybridized carbons (Fsp3) is 0.500. The molecule has 20 heavy (non-hydrogen) atoms. The Bertz CT molecular complexity index is 630. The third kappa shape index (κ3) is 2.48.